The molecule has 0 aliphatic carbocycles. The molecule has 2 fully saturated rings. The summed E-state index contributed by atoms with van der Waals surface area (Å²) in [6, 6.07) is 4.60. The zero-order chi connectivity index (χ0) is 22.2. The highest BCUT2D eigenvalue weighted by molar-refractivity contribution is 5.94. The molecule has 4 rings (SSSR count). The number of nitrogens with zero attached hydrogens (tertiary/aromatic N) is 3. The Kier molecular flexibility index (Phi) is 5.70. The van der Waals surface area contributed by atoms with E-state index in [1.54, 1.807) is 26.1 Å². The third-order valence-electron chi connectivity index (χ3n) is 6.23. The average Bonchev–Trinajstić information content (AvgIpc) is 3.20. The van der Waals surface area contributed by atoms with Crippen LogP contribution in [-0.4, -0.2) is 58.2 Å². The highest BCUT2D eigenvalue weighted by Crippen LogP contribution is 2.36. The number of hydrogen-bond acceptors (Lipinski definition) is 6. The number of rotatable bonds is 4. The van der Waals surface area contributed by atoms with Crippen LogP contribution in [0.3, 0.4) is 0 Å². The molecule has 2 aliphatic rings. The summed E-state index contributed by atoms with van der Waals surface area (Å²) >= 11 is 0. The standard InChI is InChI=1S/C22H27FN4O4/c1-14-12-15(4-5-16(14)23)13-26(2)20(30)17-18(28)19(29)25-21(24-17)27-9-7-22(8-10-27)6-3-11-31-22/h4-5,12,28H,3,6-11,13H2,1-2H3,(H,24,25,29). The number of aromatic amines is 1. The van der Waals surface area contributed by atoms with E-state index in [1.807, 2.05) is 4.90 Å². The van der Waals surface area contributed by atoms with Crippen LogP contribution in [0.25, 0.3) is 0 Å². The monoisotopic (exact) mass is 430 g/mol. The van der Waals surface area contributed by atoms with Gasteiger partial charge in [-0.1, -0.05) is 12.1 Å². The molecule has 31 heavy (non-hydrogen) atoms. The summed E-state index contributed by atoms with van der Waals surface area (Å²) < 4.78 is 19.4. The maximum Gasteiger partial charge on any atom is 0.295 e. The number of piperidine rings is 1. The number of nitrogens with one attached hydrogen (secondary N) is 1. The number of ether oxygens (including phenoxy) is 1. The Hall–Kier alpha value is -2.94. The molecular formula is C22H27FN4O4. The van der Waals surface area contributed by atoms with E-state index in [0.717, 1.165) is 37.9 Å². The van der Waals surface area contributed by atoms with Gasteiger partial charge in [0.2, 0.25) is 11.7 Å². The number of aromatic nitrogens is 2. The van der Waals surface area contributed by atoms with E-state index in [9.17, 15) is 19.1 Å². The van der Waals surface area contributed by atoms with Crippen molar-refractivity contribution in [1.29, 1.82) is 0 Å². The predicted octanol–water partition coefficient (Wildman–Crippen LogP) is 2.34. The van der Waals surface area contributed by atoms with Crippen molar-refractivity contribution in [2.24, 2.45) is 0 Å². The number of amides is 1. The minimum Gasteiger partial charge on any atom is -0.501 e. The first-order valence-corrected chi connectivity index (χ1v) is 10.5. The molecule has 3 heterocycles. The molecule has 1 amide bonds. The highest BCUT2D eigenvalue weighted by atomic mass is 19.1. The van der Waals surface area contributed by atoms with E-state index in [2.05, 4.69) is 9.97 Å². The van der Waals surface area contributed by atoms with Crippen molar-refractivity contribution in [2.75, 3.05) is 31.6 Å². The van der Waals surface area contributed by atoms with Crippen LogP contribution in [0.15, 0.2) is 23.0 Å². The lowest BCUT2D eigenvalue weighted by Gasteiger charge is -2.38. The largest absolute Gasteiger partial charge is 0.501 e. The van der Waals surface area contributed by atoms with Crippen molar-refractivity contribution in [2.45, 2.75) is 44.8 Å². The Morgan fingerprint density at radius 1 is 1.35 bits per heavy atom. The van der Waals surface area contributed by atoms with Gasteiger partial charge in [-0.15, -0.1) is 0 Å². The number of H-pyrrole nitrogens is 1. The van der Waals surface area contributed by atoms with Gasteiger partial charge in [-0.25, -0.2) is 9.37 Å². The summed E-state index contributed by atoms with van der Waals surface area (Å²) in [5, 5.41) is 10.2. The summed E-state index contributed by atoms with van der Waals surface area (Å²) in [5.41, 5.74) is 0.0817. The Morgan fingerprint density at radius 3 is 2.74 bits per heavy atom. The van der Waals surface area contributed by atoms with Gasteiger partial charge < -0.3 is 19.6 Å². The number of aryl methyl sites for hydroxylation is 1. The number of benzene rings is 1. The van der Waals surface area contributed by atoms with Crippen molar-refractivity contribution in [3.63, 3.8) is 0 Å². The van der Waals surface area contributed by atoms with Crippen LogP contribution in [-0.2, 0) is 11.3 Å². The lowest BCUT2D eigenvalue weighted by atomic mass is 9.89. The highest BCUT2D eigenvalue weighted by Gasteiger charge is 2.39. The van der Waals surface area contributed by atoms with Gasteiger partial charge in [0.25, 0.3) is 11.5 Å². The summed E-state index contributed by atoms with van der Waals surface area (Å²) in [5.74, 6) is -1.34. The van der Waals surface area contributed by atoms with Gasteiger partial charge in [-0.2, -0.15) is 0 Å². The van der Waals surface area contributed by atoms with Crippen LogP contribution in [0.1, 0.15) is 47.3 Å². The second-order valence-electron chi connectivity index (χ2n) is 8.45. The SMILES string of the molecule is Cc1cc(CN(C)C(=O)c2nc(N3CCC4(CCCO4)CC3)[nH]c(=O)c2O)ccc1F. The van der Waals surface area contributed by atoms with Gasteiger partial charge in [-0.3, -0.25) is 14.6 Å². The first kappa shape index (κ1) is 21.3. The molecule has 1 spiro atoms. The maximum atomic E-state index is 13.5. The summed E-state index contributed by atoms with van der Waals surface area (Å²) in [4.78, 5) is 35.4. The lowest BCUT2D eigenvalue weighted by molar-refractivity contribution is -0.0148. The number of halogens is 1. The molecule has 2 aliphatic heterocycles. The van der Waals surface area contributed by atoms with Crippen LogP contribution >= 0.6 is 0 Å². The molecule has 0 saturated carbocycles. The minimum atomic E-state index is -0.753. The van der Waals surface area contributed by atoms with Gasteiger partial charge in [-0.05, 0) is 49.8 Å². The van der Waals surface area contributed by atoms with Crippen molar-refractivity contribution in [3.05, 3.63) is 51.2 Å². The Balaban J connectivity index is 1.52. The number of hydrogen-bond donors (Lipinski definition) is 2. The van der Waals surface area contributed by atoms with Gasteiger partial charge in [0.15, 0.2) is 5.69 Å². The normalized spacial score (nSPS) is 17.8. The third kappa shape index (κ3) is 4.27. The Morgan fingerprint density at radius 2 is 2.10 bits per heavy atom. The quantitative estimate of drug-likeness (QED) is 0.773. The molecule has 166 valence electrons. The van der Waals surface area contributed by atoms with Crippen LogP contribution in [0, 0.1) is 12.7 Å². The molecule has 1 aromatic heterocycles. The first-order valence-electron chi connectivity index (χ1n) is 10.5. The molecule has 0 radical (unpaired) electrons. The maximum absolute atomic E-state index is 13.5. The fourth-order valence-electron chi connectivity index (χ4n) is 4.36. The Bertz CT molecular complexity index is 1040. The van der Waals surface area contributed by atoms with E-state index >= 15 is 0 Å². The first-order chi connectivity index (χ1) is 14.8. The average molecular weight is 430 g/mol. The number of aromatic hydroxyl groups is 1. The molecule has 2 N–H and O–H groups in total. The zero-order valence-electron chi connectivity index (χ0n) is 17.8. The van der Waals surface area contributed by atoms with Crippen molar-refractivity contribution in [1.82, 2.24) is 14.9 Å². The van der Waals surface area contributed by atoms with Crippen molar-refractivity contribution < 1.29 is 19.0 Å². The van der Waals surface area contributed by atoms with Gasteiger partial charge in [0, 0.05) is 33.3 Å². The molecule has 9 heteroatoms. The lowest BCUT2D eigenvalue weighted by Crippen LogP contribution is -2.45. The summed E-state index contributed by atoms with van der Waals surface area (Å²) in [7, 11) is 1.55. The number of carbonyl (C=O) groups excluding carboxylic acids is 1. The summed E-state index contributed by atoms with van der Waals surface area (Å²) in [6.45, 7) is 3.91. The predicted molar refractivity (Wildman–Crippen MR) is 113 cm³/mol. The molecule has 2 saturated heterocycles. The number of carbonyl (C=O) groups is 1. The fourth-order valence-corrected chi connectivity index (χ4v) is 4.36. The third-order valence-corrected chi connectivity index (χ3v) is 6.23. The second kappa shape index (κ2) is 8.30. The smallest absolute Gasteiger partial charge is 0.295 e. The van der Waals surface area contributed by atoms with Gasteiger partial charge in [0.05, 0.1) is 5.60 Å². The molecule has 0 unspecified atom stereocenters. The molecule has 0 bridgehead atoms. The second-order valence-corrected chi connectivity index (χ2v) is 8.45. The molecular weight excluding hydrogens is 403 g/mol. The van der Waals surface area contributed by atoms with Crippen molar-refractivity contribution in [3.8, 4) is 5.75 Å². The fraction of sp³-hybridized carbons (Fsp3) is 0.500. The van der Waals surface area contributed by atoms with E-state index in [4.69, 9.17) is 4.74 Å². The Labute approximate surface area is 179 Å². The molecule has 2 aromatic rings. The van der Waals surface area contributed by atoms with Crippen molar-refractivity contribution >= 4 is 11.9 Å². The minimum absolute atomic E-state index is 0.0835. The van der Waals surface area contributed by atoms with Gasteiger partial charge >= 0.3 is 0 Å². The van der Waals surface area contributed by atoms with E-state index in [1.165, 1.54) is 11.0 Å². The molecule has 0 atom stereocenters. The van der Waals surface area contributed by atoms with Gasteiger partial charge in [0.1, 0.15) is 5.82 Å². The van der Waals surface area contributed by atoms with Crippen LogP contribution < -0.4 is 10.5 Å². The molecule has 1 aromatic carbocycles. The van der Waals surface area contributed by atoms with E-state index in [-0.39, 0.29) is 29.6 Å². The van der Waals surface area contributed by atoms with Crippen LogP contribution in [0.5, 0.6) is 5.75 Å². The topological polar surface area (TPSA) is 98.8 Å². The zero-order valence-corrected chi connectivity index (χ0v) is 17.8. The van der Waals surface area contributed by atoms with E-state index in [0.29, 0.717) is 18.7 Å². The summed E-state index contributed by atoms with van der Waals surface area (Å²) in [6.07, 6.45) is 3.75. The van der Waals surface area contributed by atoms with Crippen LogP contribution in [0.2, 0.25) is 0 Å². The molecule has 8 nitrogen and oxygen atoms in total. The van der Waals surface area contributed by atoms with Crippen LogP contribution in [0.4, 0.5) is 10.3 Å². The number of anilines is 1. The van der Waals surface area contributed by atoms with E-state index < -0.39 is 17.2 Å².